The Morgan fingerprint density at radius 3 is 2.89 bits per heavy atom. The first-order valence-corrected chi connectivity index (χ1v) is 7.18. The summed E-state index contributed by atoms with van der Waals surface area (Å²) in [5.41, 5.74) is 6.08. The van der Waals surface area contributed by atoms with Gasteiger partial charge in [0.05, 0.1) is 6.54 Å². The Labute approximate surface area is 118 Å². The molecule has 1 rings (SSSR count). The van der Waals surface area contributed by atoms with Gasteiger partial charge in [-0.2, -0.15) is 0 Å². The molecule has 0 aromatic carbocycles. The van der Waals surface area contributed by atoms with Crippen molar-refractivity contribution in [2.75, 3.05) is 19.7 Å². The van der Waals surface area contributed by atoms with Crippen molar-refractivity contribution in [3.8, 4) is 11.8 Å². The van der Waals surface area contributed by atoms with Crippen LogP contribution in [-0.2, 0) is 0 Å². The fourth-order valence-electron chi connectivity index (χ4n) is 1.69. The van der Waals surface area contributed by atoms with Crippen molar-refractivity contribution in [1.82, 2.24) is 4.90 Å². The summed E-state index contributed by atoms with van der Waals surface area (Å²) in [6.07, 6.45) is 0.582. The van der Waals surface area contributed by atoms with Gasteiger partial charge in [-0.1, -0.05) is 11.8 Å². The Balaban J connectivity index is 2.93. The van der Waals surface area contributed by atoms with Crippen LogP contribution in [0.25, 0.3) is 0 Å². The third-order valence-electron chi connectivity index (χ3n) is 2.63. The van der Waals surface area contributed by atoms with Crippen LogP contribution in [0.15, 0.2) is 11.4 Å². The number of aliphatic hydroxyl groups is 1. The van der Waals surface area contributed by atoms with E-state index in [0.29, 0.717) is 17.8 Å². The van der Waals surface area contributed by atoms with E-state index < -0.39 is 0 Å². The smallest absolute Gasteiger partial charge is 0.265 e. The number of rotatable bonds is 5. The number of hydrogen-bond donors (Lipinski definition) is 2. The molecule has 3 N–H and O–H groups in total. The summed E-state index contributed by atoms with van der Waals surface area (Å²) < 4.78 is 0. The van der Waals surface area contributed by atoms with Crippen molar-refractivity contribution in [1.29, 1.82) is 0 Å². The molecule has 0 saturated carbocycles. The van der Waals surface area contributed by atoms with Crippen LogP contribution in [0.2, 0.25) is 0 Å². The van der Waals surface area contributed by atoms with Crippen LogP contribution in [0, 0.1) is 11.8 Å². The van der Waals surface area contributed by atoms with Crippen molar-refractivity contribution >= 4 is 17.2 Å². The molecule has 5 heteroatoms. The second kappa shape index (κ2) is 7.95. The minimum Gasteiger partial charge on any atom is -0.396 e. The quantitative estimate of drug-likeness (QED) is 0.799. The van der Waals surface area contributed by atoms with Crippen LogP contribution in [-0.4, -0.2) is 41.7 Å². The highest BCUT2D eigenvalue weighted by atomic mass is 32.1. The number of aliphatic hydroxyl groups excluding tert-OH is 1. The minimum absolute atomic E-state index is 0.0280. The Hall–Kier alpha value is -1.35. The minimum atomic E-state index is -0.0280. The van der Waals surface area contributed by atoms with Gasteiger partial charge in [-0.15, -0.1) is 11.3 Å². The van der Waals surface area contributed by atoms with Gasteiger partial charge in [-0.25, -0.2) is 0 Å². The zero-order chi connectivity index (χ0) is 14.3. The maximum atomic E-state index is 12.5. The maximum Gasteiger partial charge on any atom is 0.265 e. The van der Waals surface area contributed by atoms with Crippen LogP contribution >= 0.6 is 11.3 Å². The van der Waals surface area contributed by atoms with Gasteiger partial charge in [-0.3, -0.25) is 4.79 Å². The van der Waals surface area contributed by atoms with E-state index in [4.69, 9.17) is 10.8 Å². The van der Waals surface area contributed by atoms with E-state index in [1.165, 1.54) is 11.3 Å². The fourth-order valence-corrected chi connectivity index (χ4v) is 2.49. The second-order valence-electron chi connectivity index (χ2n) is 4.34. The normalized spacial score (nSPS) is 10.2. The number of thiophene rings is 1. The highest BCUT2D eigenvalue weighted by molar-refractivity contribution is 7.12. The van der Waals surface area contributed by atoms with E-state index in [0.717, 1.165) is 5.56 Å². The monoisotopic (exact) mass is 280 g/mol. The van der Waals surface area contributed by atoms with Gasteiger partial charge in [-0.05, 0) is 31.7 Å². The van der Waals surface area contributed by atoms with Crippen LogP contribution in [0.1, 0.15) is 35.5 Å². The zero-order valence-corrected chi connectivity index (χ0v) is 12.2. The van der Waals surface area contributed by atoms with E-state index in [1.807, 2.05) is 25.3 Å². The van der Waals surface area contributed by atoms with Gasteiger partial charge in [0.25, 0.3) is 5.91 Å². The van der Waals surface area contributed by atoms with E-state index in [9.17, 15) is 4.79 Å². The molecule has 19 heavy (non-hydrogen) atoms. The average molecular weight is 280 g/mol. The largest absolute Gasteiger partial charge is 0.396 e. The van der Waals surface area contributed by atoms with Gasteiger partial charge in [0.1, 0.15) is 4.88 Å². The lowest BCUT2D eigenvalue weighted by atomic mass is 10.2. The fraction of sp³-hybridized carbons (Fsp3) is 0.500. The highest BCUT2D eigenvalue weighted by Crippen LogP contribution is 2.19. The lowest BCUT2D eigenvalue weighted by molar-refractivity contribution is 0.0698. The molecule has 0 aliphatic rings. The second-order valence-corrected chi connectivity index (χ2v) is 5.25. The zero-order valence-electron chi connectivity index (χ0n) is 11.3. The highest BCUT2D eigenvalue weighted by Gasteiger charge is 2.21. The predicted octanol–water partition coefficient (Wildman–Crippen LogP) is 1.29. The maximum absolute atomic E-state index is 12.5. The van der Waals surface area contributed by atoms with Crippen LogP contribution < -0.4 is 5.73 Å². The number of nitrogens with two attached hydrogens (primary N) is 1. The molecule has 0 aliphatic heterocycles. The van der Waals surface area contributed by atoms with Gasteiger partial charge >= 0.3 is 0 Å². The van der Waals surface area contributed by atoms with Crippen molar-refractivity contribution in [3.05, 3.63) is 21.9 Å². The van der Waals surface area contributed by atoms with Gasteiger partial charge < -0.3 is 15.7 Å². The molecule has 0 spiro atoms. The van der Waals surface area contributed by atoms with Crippen LogP contribution in [0.4, 0.5) is 0 Å². The standard InChI is InChI=1S/C14H20N2O2S/c1-11(2)16(8-4-9-17)14(18)13-12(5-3-7-15)6-10-19-13/h6,10-11,17H,4,7-9,15H2,1-2H3. The molecule has 0 bridgehead atoms. The SMILES string of the molecule is CC(C)N(CCCO)C(=O)c1sccc1C#CCN. The third-order valence-corrected chi connectivity index (χ3v) is 3.53. The molecular formula is C14H20N2O2S. The summed E-state index contributed by atoms with van der Waals surface area (Å²) >= 11 is 1.39. The van der Waals surface area contributed by atoms with Crippen LogP contribution in [0.3, 0.4) is 0 Å². The van der Waals surface area contributed by atoms with E-state index in [-0.39, 0.29) is 25.1 Å². The number of hydrogen-bond acceptors (Lipinski definition) is 4. The molecule has 0 atom stereocenters. The van der Waals surface area contributed by atoms with E-state index in [1.54, 1.807) is 4.90 Å². The Morgan fingerprint density at radius 1 is 1.58 bits per heavy atom. The van der Waals surface area contributed by atoms with Crippen molar-refractivity contribution in [2.45, 2.75) is 26.3 Å². The van der Waals surface area contributed by atoms with E-state index in [2.05, 4.69) is 11.8 Å². The Bertz CT molecular complexity index is 471. The summed E-state index contributed by atoms with van der Waals surface area (Å²) in [7, 11) is 0. The number of amides is 1. The summed E-state index contributed by atoms with van der Waals surface area (Å²) in [5, 5.41) is 10.8. The Kier molecular flexibility index (Phi) is 6.57. The third kappa shape index (κ3) is 4.35. The number of carbonyl (C=O) groups is 1. The van der Waals surface area contributed by atoms with Crippen molar-refractivity contribution in [3.63, 3.8) is 0 Å². The molecule has 1 heterocycles. The molecule has 0 fully saturated rings. The first-order chi connectivity index (χ1) is 9.11. The lowest BCUT2D eigenvalue weighted by Gasteiger charge is -2.26. The molecule has 1 aromatic heterocycles. The average Bonchev–Trinajstić information content (AvgIpc) is 2.84. The number of nitrogens with zero attached hydrogens (tertiary/aromatic N) is 1. The summed E-state index contributed by atoms with van der Waals surface area (Å²) in [6.45, 7) is 4.85. The topological polar surface area (TPSA) is 66.6 Å². The van der Waals surface area contributed by atoms with Crippen LogP contribution in [0.5, 0.6) is 0 Å². The summed E-state index contributed by atoms with van der Waals surface area (Å²) in [6, 6.07) is 1.93. The van der Waals surface area contributed by atoms with Crippen molar-refractivity contribution < 1.29 is 9.90 Å². The molecule has 0 radical (unpaired) electrons. The first-order valence-electron chi connectivity index (χ1n) is 6.30. The van der Waals surface area contributed by atoms with Gasteiger partial charge in [0.15, 0.2) is 0 Å². The first kappa shape index (κ1) is 15.7. The summed E-state index contributed by atoms with van der Waals surface area (Å²) in [5.74, 6) is 5.67. The molecule has 0 aliphatic carbocycles. The van der Waals surface area contributed by atoms with Gasteiger partial charge in [0, 0.05) is 24.8 Å². The summed E-state index contributed by atoms with van der Waals surface area (Å²) in [4.78, 5) is 14.9. The molecule has 1 amide bonds. The van der Waals surface area contributed by atoms with Crippen molar-refractivity contribution in [2.24, 2.45) is 5.73 Å². The van der Waals surface area contributed by atoms with E-state index >= 15 is 0 Å². The predicted molar refractivity (Wildman–Crippen MR) is 78.1 cm³/mol. The lowest BCUT2D eigenvalue weighted by Crippen LogP contribution is -2.38. The molecule has 0 unspecified atom stereocenters. The molecule has 4 nitrogen and oxygen atoms in total. The molecular weight excluding hydrogens is 260 g/mol. The molecule has 104 valence electrons. The van der Waals surface area contributed by atoms with Gasteiger partial charge in [0.2, 0.25) is 0 Å². The number of carbonyl (C=O) groups excluding carboxylic acids is 1. The molecule has 1 aromatic rings. The Morgan fingerprint density at radius 2 is 2.32 bits per heavy atom. The molecule has 0 saturated heterocycles.